The molecule has 43 nitrogen and oxygen atoms in total. The molecule has 0 radical (unpaired) electrons. The Kier molecular flexibility index (Phi) is 52.1. The van der Waals surface area contributed by atoms with E-state index in [9.17, 15) is 99.6 Å². The Morgan fingerprint density at radius 2 is 0.451 bits per heavy atom. The number of anilines is 6. The number of carbonyl (C=O) groups is 12. The molecule has 6 aromatic rings. The Morgan fingerprint density at radius 3 is 0.615 bits per heavy atom. The minimum absolute atomic E-state index is 0. The van der Waals surface area contributed by atoms with Gasteiger partial charge in [-0.2, -0.15) is 0 Å². The number of amides is 2. The van der Waals surface area contributed by atoms with E-state index in [1.165, 1.54) is 192 Å². The Hall–Kier alpha value is -11.4. The van der Waals surface area contributed by atoms with Crippen LogP contribution in [0, 0.1) is 0 Å². The summed E-state index contributed by atoms with van der Waals surface area (Å²) in [5, 5.41) is 11.7. The molecule has 0 bridgehead atoms. The maximum absolute atomic E-state index is 12.0. The van der Waals surface area contributed by atoms with Crippen molar-refractivity contribution in [3.63, 3.8) is 0 Å². The number of carbonyl (C=O) groups excluding carboxylic acids is 11. The quantitative estimate of drug-likeness (QED) is 0.0233. The van der Waals surface area contributed by atoms with Gasteiger partial charge in [0.1, 0.15) is 0 Å². The molecule has 0 aliphatic carbocycles. The van der Waals surface area contributed by atoms with Crippen LogP contribution in [0.3, 0.4) is 0 Å². The van der Waals surface area contributed by atoms with Crippen LogP contribution in [-0.2, 0) is 92.7 Å². The monoisotopic (exact) mass is 1810 g/mol. The van der Waals surface area contributed by atoms with Crippen LogP contribution in [0.5, 0.6) is 0 Å². The summed E-state index contributed by atoms with van der Waals surface area (Å²) in [6.45, 7) is 0. The summed E-state index contributed by atoms with van der Waals surface area (Å²) in [6.07, 6.45) is 5.00. The molecule has 6 aromatic carbocycles. The van der Waals surface area contributed by atoms with Crippen molar-refractivity contribution in [2.24, 2.45) is 0 Å². The molecule has 122 heavy (non-hydrogen) atoms. The topological polar surface area (TPSA) is 608 Å². The average Bonchev–Trinajstić information content (AvgIpc) is 0.834. The van der Waals surface area contributed by atoms with Crippen molar-refractivity contribution in [2.75, 3.05) is 193 Å². The number of benzene rings is 6. The molecule has 0 atom stereocenters. The second-order valence-electron chi connectivity index (χ2n) is 24.1. The van der Waals surface area contributed by atoms with Gasteiger partial charge in [-0.05, 0) is 123 Å². The summed E-state index contributed by atoms with van der Waals surface area (Å²) in [6, 6.07) is 23.7. The number of sulfonamides is 5. The van der Waals surface area contributed by atoms with E-state index in [0.717, 1.165) is 67.7 Å². The number of nitrogens with one attached hydrogen (secondary N) is 2. The number of methoxy groups -OCH3 is 9. The summed E-state index contributed by atoms with van der Waals surface area (Å²) in [5.74, 6) is -7.84. The molecule has 0 heterocycles. The van der Waals surface area contributed by atoms with Gasteiger partial charge in [-0.1, -0.05) is 0 Å². The zero-order valence-electron chi connectivity index (χ0n) is 71.7. The molecule has 0 saturated heterocycles. The van der Waals surface area contributed by atoms with E-state index in [1.807, 2.05) is 14.1 Å². The third-order valence-corrected chi connectivity index (χ3v) is 20.1. The minimum atomic E-state index is -3.56. The van der Waals surface area contributed by atoms with Crippen molar-refractivity contribution >= 4 is 156 Å². The number of ether oxygens (including phenoxy) is 9. The van der Waals surface area contributed by atoms with Gasteiger partial charge < -0.3 is 79.5 Å². The summed E-state index contributed by atoms with van der Waals surface area (Å²) in [4.78, 5) is 141. The van der Waals surface area contributed by atoms with Gasteiger partial charge in [0.05, 0.1) is 179 Å². The number of rotatable bonds is 22. The zero-order chi connectivity index (χ0) is 91.8. The third kappa shape index (κ3) is 39.0. The van der Waals surface area contributed by atoms with E-state index in [0.29, 0.717) is 5.69 Å². The summed E-state index contributed by atoms with van der Waals surface area (Å²) >= 11 is 0. The van der Waals surface area contributed by atoms with Crippen LogP contribution in [0.4, 0.5) is 34.1 Å². The van der Waals surface area contributed by atoms with Crippen molar-refractivity contribution in [3.8, 4) is 0 Å². The summed E-state index contributed by atoms with van der Waals surface area (Å²) in [5.41, 5.74) is 7.58. The molecule has 666 valence electrons. The van der Waals surface area contributed by atoms with Gasteiger partial charge in [-0.3, -0.25) is 31.5 Å². The average molecular weight is 1810 g/mol. The van der Waals surface area contributed by atoms with Crippen LogP contribution < -0.4 is 70.7 Å². The fourth-order valence-corrected chi connectivity index (χ4v) is 11.0. The Labute approximate surface area is 731 Å². The molecule has 0 fully saturated rings. The Balaban J connectivity index is -0.000000444. The van der Waals surface area contributed by atoms with Gasteiger partial charge in [-0.15, -0.1) is 0 Å². The van der Waals surface area contributed by atoms with Crippen molar-refractivity contribution in [1.82, 2.24) is 15.1 Å². The molecule has 7 N–H and O–H groups in total. The molecule has 0 unspecified atom stereocenters. The first-order valence-electron chi connectivity index (χ1n) is 32.7. The van der Waals surface area contributed by atoms with Gasteiger partial charge in [-0.25, -0.2) is 90.0 Å². The number of hydrogen-bond donors (Lipinski definition) is 4. The molecule has 0 aliphatic rings. The second-order valence-corrected chi connectivity index (χ2v) is 33.9. The third-order valence-electron chi connectivity index (χ3n) is 14.7. The molecular formula is C72H97Li2N9O34S5. The maximum Gasteiger partial charge on any atom is 1.00 e. The molecular weight excluding hydrogens is 1710 g/mol. The van der Waals surface area contributed by atoms with E-state index in [2.05, 4.69) is 52.7 Å². The first-order valence-corrected chi connectivity index (χ1v) is 42.0. The molecule has 6 rings (SSSR count). The smallest absolute Gasteiger partial charge is 0.870 e. The van der Waals surface area contributed by atoms with Gasteiger partial charge in [0, 0.05) is 73.2 Å². The van der Waals surface area contributed by atoms with Crippen LogP contribution >= 0.6 is 0 Å². The molecule has 0 aliphatic heterocycles. The predicted molar refractivity (Wildman–Crippen MR) is 438 cm³/mol. The van der Waals surface area contributed by atoms with Crippen molar-refractivity contribution < 1.29 is 196 Å². The molecule has 0 spiro atoms. The van der Waals surface area contributed by atoms with Crippen LogP contribution in [0.1, 0.15) is 124 Å². The van der Waals surface area contributed by atoms with E-state index in [-0.39, 0.29) is 156 Å². The van der Waals surface area contributed by atoms with E-state index >= 15 is 0 Å². The number of nitrogens with zero attached hydrogens (tertiary/aromatic N) is 6. The van der Waals surface area contributed by atoms with E-state index in [1.54, 1.807) is 28.2 Å². The molecule has 0 aromatic heterocycles. The molecule has 50 heteroatoms. The van der Waals surface area contributed by atoms with Crippen LogP contribution in [-0.4, -0.2) is 305 Å². The second kappa shape index (κ2) is 53.4. The van der Waals surface area contributed by atoms with Crippen LogP contribution in [0.25, 0.3) is 0 Å². The van der Waals surface area contributed by atoms with Gasteiger partial charge in [0.15, 0.2) is 0 Å². The van der Waals surface area contributed by atoms with Gasteiger partial charge in [0.25, 0.3) is 11.8 Å². The zero-order valence-corrected chi connectivity index (χ0v) is 75.8. The number of nitrogen functional groups attached to an aromatic ring is 1. The number of esters is 9. The fourth-order valence-electron chi connectivity index (χ4n) is 8.50. The minimum Gasteiger partial charge on any atom is -0.870 e. The van der Waals surface area contributed by atoms with Crippen LogP contribution in [0.15, 0.2) is 109 Å². The van der Waals surface area contributed by atoms with Gasteiger partial charge in [0.2, 0.25) is 50.1 Å². The first-order chi connectivity index (χ1) is 54.3. The standard InChI is InChI=1S/2C13H18N2O5S.C12H15NO6S.2C11H13NO6S.C10H11NO4.C2H7N.2Li.2H2O/c2*1-14(2)12(16)9-6-10(13(17)20-4)8-11(7-9)15(3)21(5,18)19;1-13(20(4,16)17)10-6-8(11(14)18-2)5-9(7-10)12(15)19-3;1-17-10(13)7-4-8(11(14)18-2)6-9(5-7)12-19(3,15)16;1-12(19(3,16)17)9-5-7(10(13)14)4-8(6-9)11(15)18-2;1-14-9(12)6-3-7(10(13)15-2)5-8(11)4-6;1-3-2;;;;/h2*6-8H,1-5H3;5-7H,1-4H3;4-6,12H,1-3H3;4-6H,1-3H3,(H,13,14);3-5H,11H2,1-2H3;3H,1-2H3;;;2*1H2/q;;;;;;;2*+1;;/p-2. The number of hydrogen-bond acceptors (Lipinski definition) is 35. The largest absolute Gasteiger partial charge is 1.00 e. The van der Waals surface area contributed by atoms with E-state index < -0.39 is 110 Å². The van der Waals surface area contributed by atoms with Crippen molar-refractivity contribution in [2.45, 2.75) is 0 Å². The summed E-state index contributed by atoms with van der Waals surface area (Å²) < 4.78 is 162. The number of nitrogens with two attached hydrogens (primary N) is 1. The Bertz CT molecular complexity index is 5090. The predicted octanol–water partition coefficient (Wildman–Crippen LogP) is -2.67. The first kappa shape index (κ1) is 119. The molecule has 2 amide bonds. The van der Waals surface area contributed by atoms with Crippen molar-refractivity contribution in [3.05, 3.63) is 176 Å². The SMILES string of the molecule is CNC.COC(=O)c1cc(C(=O)N(C)C)cc(N(C)S(C)(=O)=O)c1.COC(=O)c1cc(C(=O)N(C)C)cc(N(C)S(C)(=O)=O)c1.COC(=O)c1cc(C(=O)O)cc(N(C)S(C)(=O)=O)c1.COC(=O)c1cc(C(=O)OC)cc(N(C)S(C)(=O)=O)c1.COC(=O)c1cc(N)cc(C(=O)OC)c1.COC(=O)c1cc(NS(C)(=O)=O)cc(C(=O)OC)c1.[Li+].[Li+].[OH-].[OH-]. The van der Waals surface area contributed by atoms with Crippen LogP contribution in [0.2, 0.25) is 0 Å². The Morgan fingerprint density at radius 1 is 0.295 bits per heavy atom. The fraction of sp³-hybridized carbons (Fsp3) is 0.333. The van der Waals surface area contributed by atoms with Crippen molar-refractivity contribution in [1.29, 1.82) is 0 Å². The number of aromatic carboxylic acids is 1. The number of carboxylic acid groups (broad SMARTS) is 1. The normalized spacial score (nSPS) is 10.2. The maximum atomic E-state index is 12.0. The summed E-state index contributed by atoms with van der Waals surface area (Å²) in [7, 11) is 8.43. The van der Waals surface area contributed by atoms with Gasteiger partial charge >= 0.3 is 97.4 Å². The van der Waals surface area contributed by atoms with E-state index in [4.69, 9.17) is 10.8 Å². The molecule has 0 saturated carbocycles. The number of carboxylic acids is 1.